The van der Waals surface area contributed by atoms with E-state index in [9.17, 15) is 22.4 Å². The number of fused-ring (bicyclic) bond motifs is 1. The largest absolute Gasteiger partial charge is 0.352 e. The Labute approximate surface area is 141 Å². The van der Waals surface area contributed by atoms with Crippen LogP contribution in [0.1, 0.15) is 29.8 Å². The molecule has 0 aromatic carbocycles. The molecule has 2 aromatic rings. The summed E-state index contributed by atoms with van der Waals surface area (Å²) < 4.78 is 39.4. The number of hydrogen-bond acceptors (Lipinski definition) is 7. The van der Waals surface area contributed by atoms with Crippen LogP contribution < -0.4 is 16.1 Å². The van der Waals surface area contributed by atoms with Crippen LogP contribution >= 0.6 is 0 Å². The lowest BCUT2D eigenvalue weighted by atomic mass is 9.93. The minimum atomic E-state index is -4.06. The number of nitrogens with two attached hydrogens (primary N) is 1. The summed E-state index contributed by atoms with van der Waals surface area (Å²) >= 11 is 0. The van der Waals surface area contributed by atoms with Crippen molar-refractivity contribution < 1.29 is 17.6 Å². The molecule has 3 unspecified atom stereocenters. The van der Waals surface area contributed by atoms with Crippen LogP contribution in [0, 0.1) is 0 Å². The van der Waals surface area contributed by atoms with Gasteiger partial charge in [-0.1, -0.05) is 5.21 Å². The van der Waals surface area contributed by atoms with E-state index >= 15 is 0 Å². The fourth-order valence-corrected chi connectivity index (χ4v) is 3.94. The van der Waals surface area contributed by atoms with Crippen LogP contribution in [-0.2, 0) is 17.1 Å². The topological polar surface area (TPSA) is 154 Å². The van der Waals surface area contributed by atoms with Crippen LogP contribution in [0.3, 0.4) is 0 Å². The number of halogens is 1. The highest BCUT2D eigenvalue weighted by Crippen LogP contribution is 2.26. The molecule has 2 aromatic heterocycles. The zero-order valence-electron chi connectivity index (χ0n) is 13.2. The Hall–Kier alpha value is -2.41. The lowest BCUT2D eigenvalue weighted by Gasteiger charge is -2.31. The predicted molar refractivity (Wildman–Crippen MR) is 82.9 cm³/mol. The highest BCUT2D eigenvalue weighted by Gasteiger charge is 2.40. The quantitative estimate of drug-likeness (QED) is 0.637. The highest BCUT2D eigenvalue weighted by atomic mass is 32.2. The maximum Gasteiger partial charge on any atom is 0.352 e. The van der Waals surface area contributed by atoms with Gasteiger partial charge in [0.2, 0.25) is 10.0 Å². The molecule has 1 amide bonds. The van der Waals surface area contributed by atoms with Gasteiger partial charge in [0.05, 0.1) is 6.04 Å². The van der Waals surface area contributed by atoms with Crippen molar-refractivity contribution >= 4 is 21.6 Å². The lowest BCUT2D eigenvalue weighted by molar-refractivity contribution is 0.0882. The van der Waals surface area contributed by atoms with Crippen molar-refractivity contribution in [3.8, 4) is 0 Å². The number of nitrogens with zero attached hydrogens (tertiary/aromatic N) is 5. The number of carbonyl (C=O) groups excluding carboxylic acids is 1. The minimum absolute atomic E-state index is 0.0742. The van der Waals surface area contributed by atoms with Gasteiger partial charge in [-0.25, -0.2) is 32.1 Å². The molecule has 25 heavy (non-hydrogen) atoms. The van der Waals surface area contributed by atoms with E-state index in [0.29, 0.717) is 6.42 Å². The minimum Gasteiger partial charge on any atom is -0.345 e. The molecule has 0 saturated heterocycles. The maximum atomic E-state index is 14.5. The van der Waals surface area contributed by atoms with Gasteiger partial charge >= 0.3 is 5.69 Å². The van der Waals surface area contributed by atoms with Crippen molar-refractivity contribution in [3.63, 3.8) is 0 Å². The summed E-state index contributed by atoms with van der Waals surface area (Å²) in [6.07, 6.45) is 0.0406. The third-order valence-electron chi connectivity index (χ3n) is 4.20. The molecular formula is C12H16FN7O4S. The van der Waals surface area contributed by atoms with Gasteiger partial charge in [0.25, 0.3) is 5.91 Å². The number of imidazole rings is 1. The molecule has 3 atom stereocenters. The predicted octanol–water partition coefficient (Wildman–Crippen LogP) is -1.90. The first-order chi connectivity index (χ1) is 11.7. The Balaban J connectivity index is 1.85. The number of aromatic nitrogens is 5. The summed E-state index contributed by atoms with van der Waals surface area (Å²) in [5.41, 5.74) is -0.822. The van der Waals surface area contributed by atoms with Crippen molar-refractivity contribution in [1.82, 2.24) is 29.7 Å². The van der Waals surface area contributed by atoms with Gasteiger partial charge < -0.3 is 5.32 Å². The fourth-order valence-electron chi connectivity index (χ4n) is 2.89. The van der Waals surface area contributed by atoms with E-state index in [2.05, 4.69) is 20.6 Å². The Morgan fingerprint density at radius 3 is 2.84 bits per heavy atom. The smallest absolute Gasteiger partial charge is 0.345 e. The molecule has 1 fully saturated rings. The van der Waals surface area contributed by atoms with Crippen LogP contribution in [-0.4, -0.2) is 56.2 Å². The molecule has 13 heteroatoms. The number of rotatable bonds is 3. The van der Waals surface area contributed by atoms with Gasteiger partial charge in [0.15, 0.2) is 11.3 Å². The summed E-state index contributed by atoms with van der Waals surface area (Å²) in [7, 11) is -2.67. The number of amides is 1. The summed E-state index contributed by atoms with van der Waals surface area (Å²) in [6, 6.07) is -1.03. The Morgan fingerprint density at radius 2 is 2.16 bits per heavy atom. The average molecular weight is 373 g/mol. The standard InChI is InChI=1S/C12H16FN7O4S/c1-19-12(22)20-5-15-9(10(20)17-18-19)11(21)16-6-3-2-4-7(8(6)13)25(14,23)24/h5-8H,2-4H2,1H3,(H,16,21)(H2,14,23,24). The number of sulfonamides is 1. The first-order valence-corrected chi connectivity index (χ1v) is 9.04. The molecule has 3 N–H and O–H groups in total. The number of aryl methyl sites for hydroxylation is 1. The Morgan fingerprint density at radius 1 is 1.44 bits per heavy atom. The zero-order valence-corrected chi connectivity index (χ0v) is 14.0. The molecule has 11 nitrogen and oxygen atoms in total. The molecule has 0 bridgehead atoms. The molecule has 1 aliphatic rings. The molecule has 0 aliphatic heterocycles. The number of alkyl halides is 1. The Bertz CT molecular complexity index is 985. The molecule has 2 heterocycles. The fraction of sp³-hybridized carbons (Fsp3) is 0.583. The van der Waals surface area contributed by atoms with Gasteiger partial charge in [-0.15, -0.1) is 5.10 Å². The van der Waals surface area contributed by atoms with E-state index in [1.165, 1.54) is 7.05 Å². The summed E-state index contributed by atoms with van der Waals surface area (Å²) in [4.78, 5) is 28.1. The first kappa shape index (κ1) is 17.4. The molecule has 1 saturated carbocycles. The van der Waals surface area contributed by atoms with Crippen molar-refractivity contribution in [2.24, 2.45) is 12.2 Å². The second kappa shape index (κ2) is 6.15. The van der Waals surface area contributed by atoms with Crippen molar-refractivity contribution in [2.45, 2.75) is 36.7 Å². The third-order valence-corrected chi connectivity index (χ3v) is 5.54. The molecule has 0 spiro atoms. The third kappa shape index (κ3) is 3.11. The lowest BCUT2D eigenvalue weighted by Crippen LogP contribution is -2.52. The van der Waals surface area contributed by atoms with Crippen LogP contribution in [0.2, 0.25) is 0 Å². The van der Waals surface area contributed by atoms with E-state index in [1.807, 2.05) is 0 Å². The molecule has 3 rings (SSSR count). The van der Waals surface area contributed by atoms with E-state index in [1.54, 1.807) is 0 Å². The molecular weight excluding hydrogens is 357 g/mol. The van der Waals surface area contributed by atoms with E-state index in [0.717, 1.165) is 15.4 Å². The van der Waals surface area contributed by atoms with Crippen LogP contribution in [0.25, 0.3) is 5.65 Å². The van der Waals surface area contributed by atoms with Crippen LogP contribution in [0.5, 0.6) is 0 Å². The van der Waals surface area contributed by atoms with Gasteiger partial charge in [0, 0.05) is 7.05 Å². The van der Waals surface area contributed by atoms with Gasteiger partial charge in [-0.05, 0) is 19.3 Å². The Kier molecular flexibility index (Phi) is 4.28. The number of hydrogen-bond donors (Lipinski definition) is 2. The number of carbonyl (C=O) groups is 1. The van der Waals surface area contributed by atoms with E-state index < -0.39 is 39.1 Å². The maximum absolute atomic E-state index is 14.5. The molecule has 0 radical (unpaired) electrons. The van der Waals surface area contributed by atoms with Crippen LogP contribution in [0.4, 0.5) is 4.39 Å². The number of nitrogens with one attached hydrogen (secondary N) is 1. The van der Waals surface area contributed by atoms with E-state index in [-0.39, 0.29) is 24.2 Å². The second-order valence-corrected chi connectivity index (χ2v) is 7.65. The second-order valence-electron chi connectivity index (χ2n) is 5.87. The van der Waals surface area contributed by atoms with Gasteiger partial charge in [0.1, 0.15) is 17.7 Å². The zero-order chi connectivity index (χ0) is 18.4. The highest BCUT2D eigenvalue weighted by molar-refractivity contribution is 7.89. The summed E-state index contributed by atoms with van der Waals surface area (Å²) in [5, 5.41) is 13.4. The van der Waals surface area contributed by atoms with Crippen molar-refractivity contribution in [2.75, 3.05) is 0 Å². The monoisotopic (exact) mass is 373 g/mol. The first-order valence-electron chi connectivity index (χ1n) is 7.43. The molecule has 136 valence electrons. The van der Waals surface area contributed by atoms with Crippen molar-refractivity contribution in [3.05, 3.63) is 22.5 Å². The van der Waals surface area contributed by atoms with E-state index in [4.69, 9.17) is 5.14 Å². The van der Waals surface area contributed by atoms with Crippen molar-refractivity contribution in [1.29, 1.82) is 0 Å². The summed E-state index contributed by atoms with van der Waals surface area (Å²) in [6.45, 7) is 0. The normalized spacial score (nSPS) is 24.4. The van der Waals surface area contributed by atoms with Gasteiger partial charge in [-0.2, -0.15) is 4.68 Å². The van der Waals surface area contributed by atoms with Crippen LogP contribution in [0.15, 0.2) is 11.1 Å². The van der Waals surface area contributed by atoms with Gasteiger partial charge in [-0.3, -0.25) is 4.79 Å². The average Bonchev–Trinajstić information content (AvgIpc) is 2.96. The summed E-state index contributed by atoms with van der Waals surface area (Å²) in [5.74, 6) is -0.771. The SMILES string of the molecule is Cn1nnc2c(C(=O)NC3CCCC(S(N)(=O)=O)C3F)ncn2c1=O. The number of primary sulfonamides is 1. The molecule has 1 aliphatic carbocycles.